The van der Waals surface area contributed by atoms with Gasteiger partial charge in [0.2, 0.25) is 5.91 Å². The lowest BCUT2D eigenvalue weighted by molar-refractivity contribution is -0.129. The summed E-state index contributed by atoms with van der Waals surface area (Å²) in [4.78, 5) is 16.9. The first-order chi connectivity index (χ1) is 7.13. The Hall–Kier alpha value is -1.62. The van der Waals surface area contributed by atoms with E-state index in [-0.39, 0.29) is 12.0 Å². The summed E-state index contributed by atoms with van der Waals surface area (Å²) in [6.07, 6.45) is 7.51. The van der Waals surface area contributed by atoms with Crippen LogP contribution in [0, 0.1) is 0 Å². The fraction of sp³-hybridized carbons (Fsp3) is 0.400. The molecule has 0 unspecified atom stereocenters. The summed E-state index contributed by atoms with van der Waals surface area (Å²) in [7, 11) is 1.61. The van der Waals surface area contributed by atoms with E-state index < -0.39 is 6.04 Å². The molecular weight excluding hydrogens is 194 g/mol. The molecule has 0 spiro atoms. The quantitative estimate of drug-likeness (QED) is 0.621. The first-order valence-corrected chi connectivity index (χ1v) is 4.65. The largest absolute Gasteiger partial charge is 0.496 e. The van der Waals surface area contributed by atoms with Crippen LogP contribution in [0.15, 0.2) is 29.6 Å². The van der Waals surface area contributed by atoms with Crippen molar-refractivity contribution in [3.05, 3.63) is 24.6 Å². The van der Waals surface area contributed by atoms with Crippen molar-refractivity contribution in [1.29, 1.82) is 0 Å². The molecule has 0 aromatic heterocycles. The Kier molecular flexibility index (Phi) is 4.05. The number of nitrogens with zero attached hydrogens (tertiary/aromatic N) is 2. The van der Waals surface area contributed by atoms with Gasteiger partial charge in [-0.2, -0.15) is 0 Å². The molecule has 1 aliphatic heterocycles. The summed E-state index contributed by atoms with van der Waals surface area (Å²) in [5.74, 6) is -0.227. The molecule has 0 aliphatic carbocycles. The number of hydrogen-bond donors (Lipinski definition) is 1. The molecule has 0 bridgehead atoms. The Bertz CT molecular complexity index is 310. The van der Waals surface area contributed by atoms with Gasteiger partial charge < -0.3 is 15.4 Å². The molecule has 1 rings (SSSR count). The van der Waals surface area contributed by atoms with Crippen molar-refractivity contribution in [2.45, 2.75) is 19.1 Å². The lowest BCUT2D eigenvalue weighted by Gasteiger charge is -2.21. The number of allylic oxidation sites excluding steroid dienone is 2. The first kappa shape index (κ1) is 11.5. The molecule has 5 nitrogen and oxygen atoms in total. The SMILES string of the molecule is C[C@H]1O/C=C/C=C\N=CN(C)C(=O)[C@H]1N. The van der Waals surface area contributed by atoms with Crippen LogP contribution in [-0.2, 0) is 9.53 Å². The first-order valence-electron chi connectivity index (χ1n) is 4.65. The molecule has 1 aliphatic rings. The molecule has 1 heterocycles. The van der Waals surface area contributed by atoms with Gasteiger partial charge in [-0.25, -0.2) is 4.99 Å². The van der Waals surface area contributed by atoms with Gasteiger partial charge in [-0.15, -0.1) is 0 Å². The lowest BCUT2D eigenvalue weighted by Crippen LogP contribution is -2.47. The Balaban J connectivity index is 2.85. The summed E-state index contributed by atoms with van der Waals surface area (Å²) >= 11 is 0. The van der Waals surface area contributed by atoms with E-state index in [9.17, 15) is 4.79 Å². The van der Waals surface area contributed by atoms with Gasteiger partial charge in [0.05, 0.1) is 12.6 Å². The van der Waals surface area contributed by atoms with Gasteiger partial charge in [0.25, 0.3) is 0 Å². The summed E-state index contributed by atoms with van der Waals surface area (Å²) in [6.45, 7) is 1.75. The summed E-state index contributed by atoms with van der Waals surface area (Å²) in [5.41, 5.74) is 5.72. The molecular formula is C10H15N3O2. The molecule has 0 aromatic rings. The molecule has 2 atom stereocenters. The van der Waals surface area contributed by atoms with Crippen molar-refractivity contribution < 1.29 is 9.53 Å². The maximum absolute atomic E-state index is 11.7. The van der Waals surface area contributed by atoms with E-state index in [0.717, 1.165) is 0 Å². The molecule has 0 saturated heterocycles. The van der Waals surface area contributed by atoms with Crippen molar-refractivity contribution in [2.24, 2.45) is 10.7 Å². The molecule has 0 aromatic carbocycles. The zero-order valence-electron chi connectivity index (χ0n) is 8.83. The number of ether oxygens (including phenoxy) is 1. The monoisotopic (exact) mass is 209 g/mol. The topological polar surface area (TPSA) is 67.9 Å². The lowest BCUT2D eigenvalue weighted by atomic mass is 10.2. The highest BCUT2D eigenvalue weighted by molar-refractivity contribution is 5.91. The van der Waals surface area contributed by atoms with E-state index in [1.54, 1.807) is 32.3 Å². The highest BCUT2D eigenvalue weighted by atomic mass is 16.5. The molecule has 82 valence electrons. The van der Waals surface area contributed by atoms with Gasteiger partial charge in [0.15, 0.2) is 0 Å². The van der Waals surface area contributed by atoms with Gasteiger partial charge in [0.1, 0.15) is 12.1 Å². The van der Waals surface area contributed by atoms with E-state index in [1.807, 2.05) is 0 Å². The molecule has 5 heteroatoms. The third-order valence-corrected chi connectivity index (χ3v) is 2.03. The molecule has 0 fully saturated rings. The van der Waals surface area contributed by atoms with Crippen LogP contribution in [0.1, 0.15) is 6.92 Å². The highest BCUT2D eigenvalue weighted by Crippen LogP contribution is 2.01. The second-order valence-corrected chi connectivity index (χ2v) is 3.25. The molecule has 2 N–H and O–H groups in total. The zero-order valence-corrected chi connectivity index (χ0v) is 8.83. The predicted molar refractivity (Wildman–Crippen MR) is 58.1 cm³/mol. The number of amides is 1. The van der Waals surface area contributed by atoms with Crippen molar-refractivity contribution in [3.63, 3.8) is 0 Å². The van der Waals surface area contributed by atoms with E-state index in [0.29, 0.717) is 0 Å². The highest BCUT2D eigenvalue weighted by Gasteiger charge is 2.23. The molecule has 0 radical (unpaired) electrons. The third-order valence-electron chi connectivity index (χ3n) is 2.03. The van der Waals surface area contributed by atoms with Gasteiger partial charge in [-0.3, -0.25) is 4.79 Å². The van der Waals surface area contributed by atoms with Crippen LogP contribution < -0.4 is 5.73 Å². The van der Waals surface area contributed by atoms with Gasteiger partial charge in [0, 0.05) is 13.2 Å². The standard InChI is InChI=1S/C10H15N3O2/c1-8-9(11)10(14)13(2)7-12-5-3-4-6-15-8/h3-9H,11H2,1-2H3/b5-3-,6-4+,12-7?/t8-,9+/m1/s1. The molecule has 15 heavy (non-hydrogen) atoms. The fourth-order valence-corrected chi connectivity index (χ4v) is 1.03. The minimum atomic E-state index is -0.691. The van der Waals surface area contributed by atoms with Crippen LogP contribution in [0.2, 0.25) is 0 Å². The Morgan fingerprint density at radius 3 is 3.00 bits per heavy atom. The molecule has 1 amide bonds. The summed E-state index contributed by atoms with van der Waals surface area (Å²) < 4.78 is 5.25. The maximum Gasteiger partial charge on any atom is 0.248 e. The van der Waals surface area contributed by atoms with Crippen LogP contribution in [0.4, 0.5) is 0 Å². The van der Waals surface area contributed by atoms with Crippen molar-refractivity contribution >= 4 is 12.2 Å². The number of hydrogen-bond acceptors (Lipinski definition) is 4. The van der Waals surface area contributed by atoms with Crippen LogP contribution in [0.25, 0.3) is 0 Å². The van der Waals surface area contributed by atoms with Crippen molar-refractivity contribution in [3.8, 4) is 0 Å². The van der Waals surface area contributed by atoms with E-state index in [1.165, 1.54) is 17.5 Å². The van der Waals surface area contributed by atoms with E-state index in [2.05, 4.69) is 4.99 Å². The predicted octanol–water partition coefficient (Wildman–Crippen LogP) is 0.247. The van der Waals surface area contributed by atoms with Crippen molar-refractivity contribution in [2.75, 3.05) is 7.05 Å². The minimum Gasteiger partial charge on any atom is -0.496 e. The Labute approximate surface area is 88.9 Å². The number of carbonyl (C=O) groups excluding carboxylic acids is 1. The van der Waals surface area contributed by atoms with Crippen molar-refractivity contribution in [1.82, 2.24) is 4.90 Å². The van der Waals surface area contributed by atoms with E-state index in [4.69, 9.17) is 10.5 Å². The number of likely N-dealkylation sites (N-methyl/N-ethyl adjacent to an activating group) is 1. The van der Waals surface area contributed by atoms with E-state index >= 15 is 0 Å². The third kappa shape index (κ3) is 3.21. The Morgan fingerprint density at radius 1 is 1.53 bits per heavy atom. The smallest absolute Gasteiger partial charge is 0.248 e. The number of nitrogens with two attached hydrogens (primary N) is 1. The van der Waals surface area contributed by atoms with Crippen LogP contribution in [0.5, 0.6) is 0 Å². The van der Waals surface area contributed by atoms with Gasteiger partial charge in [-0.1, -0.05) is 0 Å². The maximum atomic E-state index is 11.7. The summed E-state index contributed by atoms with van der Waals surface area (Å²) in [6, 6.07) is -0.691. The van der Waals surface area contributed by atoms with Gasteiger partial charge in [-0.05, 0) is 19.1 Å². The zero-order chi connectivity index (χ0) is 11.3. The number of rotatable bonds is 0. The average molecular weight is 209 g/mol. The normalized spacial score (nSPS) is 31.7. The summed E-state index contributed by atoms with van der Waals surface area (Å²) in [5, 5.41) is 0. The number of aliphatic imine (C=N–C) groups is 1. The van der Waals surface area contributed by atoms with Gasteiger partial charge >= 0.3 is 0 Å². The second kappa shape index (κ2) is 5.31. The second-order valence-electron chi connectivity index (χ2n) is 3.25. The molecule has 0 saturated carbocycles. The van der Waals surface area contributed by atoms with Crippen LogP contribution in [0.3, 0.4) is 0 Å². The average Bonchev–Trinajstić information content (AvgIpc) is 2.25. The minimum absolute atomic E-state index is 0.227. The van der Waals surface area contributed by atoms with Crippen LogP contribution in [-0.4, -0.2) is 36.3 Å². The van der Waals surface area contributed by atoms with Crippen LogP contribution >= 0.6 is 0 Å². The number of carbonyl (C=O) groups is 1. The Morgan fingerprint density at radius 2 is 2.27 bits per heavy atom. The fourth-order valence-electron chi connectivity index (χ4n) is 1.03.